The Hall–Kier alpha value is -0.710. The van der Waals surface area contributed by atoms with E-state index in [1.807, 2.05) is 19.1 Å². The monoisotopic (exact) mass is 269 g/mol. The Morgan fingerprint density at radius 3 is 2.83 bits per heavy atom. The molecule has 0 spiro atoms. The van der Waals surface area contributed by atoms with Crippen LogP contribution in [0.3, 0.4) is 0 Å². The molecule has 3 nitrogen and oxygen atoms in total. The Morgan fingerprint density at radius 1 is 1.39 bits per heavy atom. The summed E-state index contributed by atoms with van der Waals surface area (Å²) in [6.07, 6.45) is 1.61. The molecule has 0 heterocycles. The van der Waals surface area contributed by atoms with Gasteiger partial charge in [-0.2, -0.15) is 11.8 Å². The lowest BCUT2D eigenvalue weighted by Gasteiger charge is -2.14. The van der Waals surface area contributed by atoms with Crippen LogP contribution < -0.4 is 10.1 Å². The van der Waals surface area contributed by atoms with Crippen LogP contribution >= 0.6 is 11.8 Å². The van der Waals surface area contributed by atoms with Gasteiger partial charge in [0, 0.05) is 18.8 Å². The van der Waals surface area contributed by atoms with E-state index in [1.165, 1.54) is 5.56 Å². The number of thioether (sulfide) groups is 1. The molecule has 4 heteroatoms. The number of ether oxygens (including phenoxy) is 1. The van der Waals surface area contributed by atoms with Crippen LogP contribution in [0.4, 0.5) is 0 Å². The highest BCUT2D eigenvalue weighted by Crippen LogP contribution is 2.18. The summed E-state index contributed by atoms with van der Waals surface area (Å²) in [4.78, 5) is 0. The van der Waals surface area contributed by atoms with Gasteiger partial charge in [-0.3, -0.25) is 0 Å². The van der Waals surface area contributed by atoms with Gasteiger partial charge in [0.1, 0.15) is 18.5 Å². The van der Waals surface area contributed by atoms with Gasteiger partial charge in [-0.25, -0.2) is 0 Å². The summed E-state index contributed by atoms with van der Waals surface area (Å²) >= 11 is 1.79. The minimum absolute atomic E-state index is 0.330. The molecule has 0 aromatic heterocycles. The second kappa shape index (κ2) is 8.40. The SMILES string of the molecule is CSCCNCC(O)COc1ccc(C)cc1C. The van der Waals surface area contributed by atoms with Crippen molar-refractivity contribution in [2.24, 2.45) is 0 Å². The third-order valence-electron chi connectivity index (χ3n) is 2.62. The van der Waals surface area contributed by atoms with Gasteiger partial charge >= 0.3 is 0 Å². The molecule has 0 bridgehead atoms. The Kier molecular flexibility index (Phi) is 7.16. The molecule has 18 heavy (non-hydrogen) atoms. The third-order valence-corrected chi connectivity index (χ3v) is 3.24. The maximum absolute atomic E-state index is 9.76. The van der Waals surface area contributed by atoms with E-state index in [0.29, 0.717) is 13.2 Å². The number of hydrogen-bond acceptors (Lipinski definition) is 4. The van der Waals surface area contributed by atoms with Crippen LogP contribution in [0.25, 0.3) is 0 Å². The van der Waals surface area contributed by atoms with E-state index in [0.717, 1.165) is 23.6 Å². The largest absolute Gasteiger partial charge is 0.491 e. The minimum atomic E-state index is -0.465. The third kappa shape index (κ3) is 5.76. The fraction of sp³-hybridized carbons (Fsp3) is 0.571. The van der Waals surface area contributed by atoms with Gasteiger partial charge in [-0.1, -0.05) is 17.7 Å². The average molecular weight is 269 g/mol. The van der Waals surface area contributed by atoms with Crippen LogP contribution in [0.1, 0.15) is 11.1 Å². The van der Waals surface area contributed by atoms with Crippen molar-refractivity contribution in [1.82, 2.24) is 5.32 Å². The zero-order chi connectivity index (χ0) is 13.4. The highest BCUT2D eigenvalue weighted by Gasteiger charge is 2.06. The topological polar surface area (TPSA) is 41.5 Å². The first-order valence-corrected chi connectivity index (χ1v) is 7.60. The van der Waals surface area contributed by atoms with Crippen molar-refractivity contribution < 1.29 is 9.84 Å². The normalized spacial score (nSPS) is 12.4. The van der Waals surface area contributed by atoms with Crippen molar-refractivity contribution in [3.8, 4) is 5.75 Å². The molecule has 1 unspecified atom stereocenters. The summed E-state index contributed by atoms with van der Waals surface area (Å²) in [6.45, 7) is 5.90. The van der Waals surface area contributed by atoms with E-state index in [1.54, 1.807) is 11.8 Å². The Labute approximate surface area is 114 Å². The number of nitrogens with one attached hydrogen (secondary N) is 1. The molecular formula is C14H23NO2S. The van der Waals surface area contributed by atoms with Gasteiger partial charge < -0.3 is 15.2 Å². The molecule has 0 saturated carbocycles. The molecule has 1 aromatic rings. The van der Waals surface area contributed by atoms with Gasteiger partial charge in [0.25, 0.3) is 0 Å². The number of aliphatic hydroxyl groups is 1. The van der Waals surface area contributed by atoms with E-state index in [4.69, 9.17) is 4.74 Å². The molecule has 0 aliphatic rings. The van der Waals surface area contributed by atoms with Gasteiger partial charge in [0.15, 0.2) is 0 Å². The van der Waals surface area contributed by atoms with Crippen LogP contribution in [0, 0.1) is 13.8 Å². The first kappa shape index (κ1) is 15.3. The second-order valence-corrected chi connectivity index (χ2v) is 5.42. The lowest BCUT2D eigenvalue weighted by molar-refractivity contribution is 0.106. The minimum Gasteiger partial charge on any atom is -0.491 e. The quantitative estimate of drug-likeness (QED) is 0.708. The molecule has 1 rings (SSSR count). The van der Waals surface area contributed by atoms with Gasteiger partial charge in [-0.15, -0.1) is 0 Å². The van der Waals surface area contributed by atoms with Crippen molar-refractivity contribution in [2.75, 3.05) is 31.7 Å². The van der Waals surface area contributed by atoms with Gasteiger partial charge in [0.2, 0.25) is 0 Å². The fourth-order valence-electron chi connectivity index (χ4n) is 1.65. The standard InChI is InChI=1S/C14H23NO2S/c1-11-4-5-14(12(2)8-11)17-10-13(16)9-15-6-7-18-3/h4-5,8,13,15-16H,6-7,9-10H2,1-3H3. The molecule has 102 valence electrons. The van der Waals surface area contributed by atoms with Crippen molar-refractivity contribution in [3.63, 3.8) is 0 Å². The van der Waals surface area contributed by atoms with E-state index in [2.05, 4.69) is 24.6 Å². The molecule has 2 N–H and O–H groups in total. The Balaban J connectivity index is 2.27. The van der Waals surface area contributed by atoms with Crippen molar-refractivity contribution in [1.29, 1.82) is 0 Å². The number of rotatable bonds is 8. The zero-order valence-corrected chi connectivity index (χ0v) is 12.2. The second-order valence-electron chi connectivity index (χ2n) is 4.43. The van der Waals surface area contributed by atoms with Crippen molar-refractivity contribution >= 4 is 11.8 Å². The molecule has 0 saturated heterocycles. The molecule has 0 aliphatic heterocycles. The summed E-state index contributed by atoms with van der Waals surface area (Å²) in [5.74, 6) is 1.91. The molecule has 1 aromatic carbocycles. The Bertz CT molecular complexity index is 358. The maximum Gasteiger partial charge on any atom is 0.122 e. The van der Waals surface area contributed by atoms with Crippen LogP contribution in [0.15, 0.2) is 18.2 Å². The Morgan fingerprint density at radius 2 is 2.17 bits per heavy atom. The zero-order valence-electron chi connectivity index (χ0n) is 11.4. The first-order chi connectivity index (χ1) is 8.63. The van der Waals surface area contributed by atoms with Gasteiger partial charge in [-0.05, 0) is 31.7 Å². The van der Waals surface area contributed by atoms with E-state index in [9.17, 15) is 5.11 Å². The highest BCUT2D eigenvalue weighted by molar-refractivity contribution is 7.98. The molecule has 0 radical (unpaired) electrons. The van der Waals surface area contributed by atoms with E-state index in [-0.39, 0.29) is 0 Å². The fourth-order valence-corrected chi connectivity index (χ4v) is 2.00. The van der Waals surface area contributed by atoms with Crippen LogP contribution in [-0.2, 0) is 0 Å². The molecular weight excluding hydrogens is 246 g/mol. The molecule has 0 amide bonds. The summed E-state index contributed by atoms with van der Waals surface area (Å²) < 4.78 is 5.62. The van der Waals surface area contributed by atoms with Crippen molar-refractivity contribution in [3.05, 3.63) is 29.3 Å². The lowest BCUT2D eigenvalue weighted by Crippen LogP contribution is -2.32. The predicted molar refractivity (Wildman–Crippen MR) is 78.7 cm³/mol. The van der Waals surface area contributed by atoms with Crippen LogP contribution in [-0.4, -0.2) is 42.9 Å². The van der Waals surface area contributed by atoms with Crippen LogP contribution in [0.2, 0.25) is 0 Å². The number of benzene rings is 1. The van der Waals surface area contributed by atoms with Crippen molar-refractivity contribution in [2.45, 2.75) is 20.0 Å². The van der Waals surface area contributed by atoms with E-state index >= 15 is 0 Å². The van der Waals surface area contributed by atoms with Gasteiger partial charge in [0.05, 0.1) is 0 Å². The first-order valence-electron chi connectivity index (χ1n) is 6.21. The summed E-state index contributed by atoms with van der Waals surface area (Å²) in [6, 6.07) is 6.06. The molecule has 0 fully saturated rings. The number of aryl methyl sites for hydroxylation is 2. The summed E-state index contributed by atoms with van der Waals surface area (Å²) in [5.41, 5.74) is 2.33. The molecule has 0 aliphatic carbocycles. The van der Waals surface area contributed by atoms with Crippen LogP contribution in [0.5, 0.6) is 5.75 Å². The predicted octanol–water partition coefficient (Wildman–Crippen LogP) is 2.00. The molecule has 1 atom stereocenters. The highest BCUT2D eigenvalue weighted by atomic mass is 32.2. The lowest BCUT2D eigenvalue weighted by atomic mass is 10.1. The number of hydrogen-bond donors (Lipinski definition) is 2. The van der Waals surface area contributed by atoms with E-state index < -0.39 is 6.10 Å². The average Bonchev–Trinajstić information content (AvgIpc) is 2.33. The summed E-state index contributed by atoms with van der Waals surface area (Å²) in [7, 11) is 0. The maximum atomic E-state index is 9.76. The number of aliphatic hydroxyl groups excluding tert-OH is 1. The summed E-state index contributed by atoms with van der Waals surface area (Å²) in [5, 5.41) is 13.0. The smallest absolute Gasteiger partial charge is 0.122 e.